The minimum absolute atomic E-state index is 0.00772. The number of methoxy groups -OCH3 is 3. The van der Waals surface area contributed by atoms with Crippen LogP contribution in [0.2, 0.25) is 0 Å². The maximum absolute atomic E-state index is 6.25. The number of aryl methyl sites for hydroxylation is 2. The Morgan fingerprint density at radius 1 is 0.415 bits per heavy atom. The molecular weight excluding hydrogens is 504 g/mol. The van der Waals surface area contributed by atoms with E-state index >= 15 is 0 Å². The summed E-state index contributed by atoms with van der Waals surface area (Å²) in [4.78, 5) is 0. The van der Waals surface area contributed by atoms with Crippen LogP contribution in [0.1, 0.15) is 119 Å². The Morgan fingerprint density at radius 3 is 0.902 bits per heavy atom. The Labute approximate surface area is 249 Å². The molecule has 0 aromatic heterocycles. The first-order valence-corrected chi connectivity index (χ1v) is 15.2. The molecule has 0 amide bonds. The quantitative estimate of drug-likeness (QED) is 0.322. The van der Waals surface area contributed by atoms with Crippen molar-refractivity contribution in [1.29, 1.82) is 0 Å². The van der Waals surface area contributed by atoms with Crippen molar-refractivity contribution in [2.75, 3.05) is 21.3 Å². The molecule has 0 spiro atoms. The lowest BCUT2D eigenvalue weighted by Gasteiger charge is -2.27. The first kappa shape index (κ1) is 31.0. The van der Waals surface area contributed by atoms with Gasteiger partial charge >= 0.3 is 0 Å². The lowest BCUT2D eigenvalue weighted by molar-refractivity contribution is 0.395. The zero-order valence-corrected chi connectivity index (χ0v) is 27.7. The molecule has 3 heteroatoms. The van der Waals surface area contributed by atoms with E-state index < -0.39 is 0 Å². The fourth-order valence-electron chi connectivity index (χ4n) is 6.13. The largest absolute Gasteiger partial charge is 0.496 e. The molecule has 1 aliphatic carbocycles. The number of hydrogen-bond acceptors (Lipinski definition) is 3. The van der Waals surface area contributed by atoms with Gasteiger partial charge in [0, 0.05) is 12.8 Å². The highest BCUT2D eigenvalue weighted by atomic mass is 16.5. The molecule has 3 aromatic carbocycles. The van der Waals surface area contributed by atoms with Crippen LogP contribution in [-0.4, -0.2) is 21.3 Å². The van der Waals surface area contributed by atoms with E-state index in [1.165, 1.54) is 50.1 Å². The van der Waals surface area contributed by atoms with E-state index in [0.29, 0.717) is 0 Å². The van der Waals surface area contributed by atoms with E-state index in [0.717, 1.165) is 49.4 Å². The van der Waals surface area contributed by atoms with Crippen LogP contribution in [0.15, 0.2) is 36.4 Å². The summed E-state index contributed by atoms with van der Waals surface area (Å²) in [5.41, 5.74) is 11.5. The molecule has 3 aromatic rings. The lowest BCUT2D eigenvalue weighted by Crippen LogP contribution is -2.16. The lowest BCUT2D eigenvalue weighted by atomic mass is 9.80. The molecule has 3 nitrogen and oxygen atoms in total. The standard InChI is InChI=1S/C38H52O3/c1-36(2,3)30-18-24-14-13-15-25-19-31(37(4,5)6)21-27(34(25)40-11)17-29-23-32(38(7,8)9)22-28(35(29)41-12)16-26(20-30)33(24)39-10/h18-23H,13-17H2,1-12H3. The molecule has 1 aliphatic rings. The maximum atomic E-state index is 6.25. The Morgan fingerprint density at radius 2 is 0.659 bits per heavy atom. The zero-order chi connectivity index (χ0) is 30.3. The molecule has 0 aliphatic heterocycles. The average Bonchev–Trinajstić information content (AvgIpc) is 2.86. The SMILES string of the molecule is COc1c2cc(C(C)(C)C)cc1Cc1cc(C(C)(C)C)cc(c1OC)Cc1cc(C(C)(C)C)cc(c1OC)CCC2. The molecule has 0 saturated carbocycles. The third-order valence-corrected chi connectivity index (χ3v) is 8.59. The molecule has 6 bridgehead atoms. The van der Waals surface area contributed by atoms with Crippen LogP contribution < -0.4 is 14.2 Å². The summed E-state index contributed by atoms with van der Waals surface area (Å²) in [6, 6.07) is 14.2. The van der Waals surface area contributed by atoms with Crippen LogP contribution in [0.4, 0.5) is 0 Å². The molecule has 0 heterocycles. The van der Waals surface area contributed by atoms with Crippen molar-refractivity contribution in [3.05, 3.63) is 86.5 Å². The second-order valence-corrected chi connectivity index (χ2v) is 14.9. The Kier molecular flexibility index (Phi) is 8.61. The van der Waals surface area contributed by atoms with E-state index in [9.17, 15) is 0 Å². The molecule has 0 radical (unpaired) electrons. The fraction of sp³-hybridized carbons (Fsp3) is 0.526. The van der Waals surface area contributed by atoms with Crippen LogP contribution in [0.3, 0.4) is 0 Å². The van der Waals surface area contributed by atoms with Crippen molar-refractivity contribution in [1.82, 2.24) is 0 Å². The monoisotopic (exact) mass is 556 g/mol. The third kappa shape index (κ3) is 6.60. The van der Waals surface area contributed by atoms with Crippen molar-refractivity contribution in [3.8, 4) is 17.2 Å². The van der Waals surface area contributed by atoms with Gasteiger partial charge in [-0.25, -0.2) is 0 Å². The van der Waals surface area contributed by atoms with Gasteiger partial charge < -0.3 is 14.2 Å². The highest BCUT2D eigenvalue weighted by molar-refractivity contribution is 5.56. The van der Waals surface area contributed by atoms with Crippen molar-refractivity contribution in [2.24, 2.45) is 0 Å². The van der Waals surface area contributed by atoms with E-state index in [2.05, 4.69) is 98.7 Å². The van der Waals surface area contributed by atoms with E-state index in [-0.39, 0.29) is 16.2 Å². The maximum Gasteiger partial charge on any atom is 0.125 e. The van der Waals surface area contributed by atoms with Crippen molar-refractivity contribution in [2.45, 2.75) is 111 Å². The Balaban J connectivity index is 2.08. The number of ether oxygens (including phenoxy) is 3. The smallest absolute Gasteiger partial charge is 0.125 e. The Bertz CT molecular complexity index is 1310. The molecule has 0 atom stereocenters. The second kappa shape index (κ2) is 11.4. The van der Waals surface area contributed by atoms with Gasteiger partial charge in [0.25, 0.3) is 0 Å². The van der Waals surface area contributed by atoms with Gasteiger partial charge in [-0.1, -0.05) is 98.7 Å². The summed E-state index contributed by atoms with van der Waals surface area (Å²) >= 11 is 0. The minimum Gasteiger partial charge on any atom is -0.496 e. The summed E-state index contributed by atoms with van der Waals surface area (Å²) in [6.45, 7) is 20.6. The van der Waals surface area contributed by atoms with Gasteiger partial charge in [-0.3, -0.25) is 0 Å². The first-order valence-electron chi connectivity index (χ1n) is 15.2. The molecule has 0 fully saturated rings. The van der Waals surface area contributed by atoms with E-state index in [1.54, 1.807) is 0 Å². The predicted octanol–water partition coefficient (Wildman–Crippen LogP) is 9.28. The van der Waals surface area contributed by atoms with Crippen molar-refractivity contribution < 1.29 is 14.2 Å². The topological polar surface area (TPSA) is 27.7 Å². The summed E-state index contributed by atoms with van der Waals surface area (Å²) in [5.74, 6) is 2.98. The number of hydrogen-bond donors (Lipinski definition) is 0. The van der Waals surface area contributed by atoms with Gasteiger partial charge in [0.1, 0.15) is 17.2 Å². The molecule has 0 unspecified atom stereocenters. The second-order valence-electron chi connectivity index (χ2n) is 14.9. The average molecular weight is 557 g/mol. The van der Waals surface area contributed by atoms with E-state index in [4.69, 9.17) is 14.2 Å². The fourth-order valence-corrected chi connectivity index (χ4v) is 6.13. The van der Waals surface area contributed by atoms with Crippen LogP contribution in [0.5, 0.6) is 17.2 Å². The number of benzene rings is 3. The highest BCUT2D eigenvalue weighted by Gasteiger charge is 2.26. The number of fused-ring (bicyclic) bond motifs is 6. The van der Waals surface area contributed by atoms with Gasteiger partial charge in [-0.05, 0) is 85.6 Å². The normalized spacial score (nSPS) is 14.3. The minimum atomic E-state index is -0.00772. The predicted molar refractivity (Wildman–Crippen MR) is 173 cm³/mol. The summed E-state index contributed by atoms with van der Waals surface area (Å²) < 4.78 is 18.6. The Hall–Kier alpha value is -2.94. The number of rotatable bonds is 3. The molecule has 4 rings (SSSR count). The molecule has 0 saturated heterocycles. The molecule has 222 valence electrons. The molecular formula is C38H52O3. The van der Waals surface area contributed by atoms with Gasteiger partial charge in [-0.15, -0.1) is 0 Å². The summed E-state index contributed by atoms with van der Waals surface area (Å²) in [5, 5.41) is 0. The zero-order valence-electron chi connectivity index (χ0n) is 27.7. The van der Waals surface area contributed by atoms with Crippen LogP contribution in [0, 0.1) is 0 Å². The van der Waals surface area contributed by atoms with Crippen molar-refractivity contribution >= 4 is 0 Å². The first-order chi connectivity index (χ1) is 19.1. The summed E-state index contributed by atoms with van der Waals surface area (Å²) in [7, 11) is 5.45. The van der Waals surface area contributed by atoms with Crippen LogP contribution in [0.25, 0.3) is 0 Å². The highest BCUT2D eigenvalue weighted by Crippen LogP contribution is 2.41. The molecule has 41 heavy (non-hydrogen) atoms. The van der Waals surface area contributed by atoms with Crippen LogP contribution >= 0.6 is 0 Å². The van der Waals surface area contributed by atoms with E-state index in [1.807, 2.05) is 21.3 Å². The van der Waals surface area contributed by atoms with Gasteiger partial charge in [0.15, 0.2) is 0 Å². The third-order valence-electron chi connectivity index (χ3n) is 8.59. The van der Waals surface area contributed by atoms with Gasteiger partial charge in [-0.2, -0.15) is 0 Å². The van der Waals surface area contributed by atoms with Gasteiger partial charge in [0.2, 0.25) is 0 Å². The molecule has 0 N–H and O–H groups in total. The van der Waals surface area contributed by atoms with Gasteiger partial charge in [0.05, 0.1) is 21.3 Å². The summed E-state index contributed by atoms with van der Waals surface area (Å²) in [6.07, 6.45) is 4.43. The van der Waals surface area contributed by atoms with Crippen molar-refractivity contribution in [3.63, 3.8) is 0 Å². The van der Waals surface area contributed by atoms with Crippen LogP contribution in [-0.2, 0) is 41.9 Å².